The van der Waals surface area contributed by atoms with Crippen molar-refractivity contribution in [1.82, 2.24) is 5.32 Å². The molecular weight excluding hydrogens is 256 g/mol. The van der Waals surface area contributed by atoms with E-state index < -0.39 is 6.04 Å². The number of hydrogen-bond donors (Lipinski definition) is 2. The van der Waals surface area contributed by atoms with Crippen molar-refractivity contribution in [1.29, 1.82) is 0 Å². The number of rotatable bonds is 5. The first-order valence-electron chi connectivity index (χ1n) is 6.93. The Morgan fingerprint density at radius 1 is 1.42 bits per heavy atom. The minimum Gasteiger partial charge on any atom is -0.351 e. The van der Waals surface area contributed by atoms with Gasteiger partial charge in [0.15, 0.2) is 0 Å². The average molecular weight is 278 g/mol. The van der Waals surface area contributed by atoms with Gasteiger partial charge in [-0.1, -0.05) is 30.3 Å². The zero-order chi connectivity index (χ0) is 13.5. The van der Waals surface area contributed by atoms with Gasteiger partial charge < -0.3 is 11.1 Å². The van der Waals surface area contributed by atoms with Crippen LogP contribution in [0.25, 0.3) is 0 Å². The summed E-state index contributed by atoms with van der Waals surface area (Å²) in [5, 5.41) is 3.07. The van der Waals surface area contributed by atoms with E-state index in [1.807, 2.05) is 30.0 Å². The van der Waals surface area contributed by atoms with E-state index in [-0.39, 0.29) is 5.91 Å². The molecule has 19 heavy (non-hydrogen) atoms. The standard InChI is InChI=1S/C15H22N2OS/c16-14(9-8-12-5-2-1-3-6-12)15(18)17-13-7-4-10-19-11-13/h1-3,5-6,13-14H,4,7-11,16H2,(H,17,18)/t13?,14-/m0/s1. The maximum atomic E-state index is 12.0. The largest absolute Gasteiger partial charge is 0.351 e. The van der Waals surface area contributed by atoms with Gasteiger partial charge in [-0.2, -0.15) is 11.8 Å². The van der Waals surface area contributed by atoms with Crippen LogP contribution in [0, 0.1) is 0 Å². The first-order chi connectivity index (χ1) is 9.25. The molecule has 0 spiro atoms. The molecule has 1 aromatic rings. The van der Waals surface area contributed by atoms with Crippen LogP contribution in [0.15, 0.2) is 30.3 Å². The summed E-state index contributed by atoms with van der Waals surface area (Å²) in [7, 11) is 0. The highest BCUT2D eigenvalue weighted by atomic mass is 32.2. The van der Waals surface area contributed by atoms with Crippen molar-refractivity contribution >= 4 is 17.7 Å². The molecule has 1 aromatic carbocycles. The van der Waals surface area contributed by atoms with Gasteiger partial charge in [-0.15, -0.1) is 0 Å². The Morgan fingerprint density at radius 3 is 2.89 bits per heavy atom. The summed E-state index contributed by atoms with van der Waals surface area (Å²) in [6.45, 7) is 0. The van der Waals surface area contributed by atoms with Crippen LogP contribution in [0.2, 0.25) is 0 Å². The SMILES string of the molecule is N[C@@H](CCc1ccccc1)C(=O)NC1CCCSC1. The maximum absolute atomic E-state index is 12.0. The number of hydrogen-bond acceptors (Lipinski definition) is 3. The summed E-state index contributed by atoms with van der Waals surface area (Å²) in [6, 6.07) is 10.1. The summed E-state index contributed by atoms with van der Waals surface area (Å²) in [4.78, 5) is 12.0. The summed E-state index contributed by atoms with van der Waals surface area (Å²) in [5.74, 6) is 2.24. The molecule has 1 unspecified atom stereocenters. The molecule has 1 aliphatic rings. The molecule has 1 saturated heterocycles. The number of carbonyl (C=O) groups excluding carboxylic acids is 1. The van der Waals surface area contributed by atoms with Gasteiger partial charge in [-0.25, -0.2) is 0 Å². The lowest BCUT2D eigenvalue weighted by Crippen LogP contribution is -2.47. The number of benzene rings is 1. The van der Waals surface area contributed by atoms with Gasteiger partial charge in [-0.05, 0) is 37.0 Å². The summed E-state index contributed by atoms with van der Waals surface area (Å²) in [6.07, 6.45) is 3.84. The first kappa shape index (κ1) is 14.4. The number of nitrogens with two attached hydrogens (primary N) is 1. The summed E-state index contributed by atoms with van der Waals surface area (Å²) in [5.41, 5.74) is 7.20. The van der Waals surface area contributed by atoms with E-state index in [0.717, 1.165) is 18.6 Å². The topological polar surface area (TPSA) is 55.1 Å². The molecule has 3 N–H and O–H groups in total. The predicted molar refractivity (Wildman–Crippen MR) is 81.2 cm³/mol. The van der Waals surface area contributed by atoms with Crippen LogP contribution in [0.5, 0.6) is 0 Å². The van der Waals surface area contributed by atoms with E-state index >= 15 is 0 Å². The van der Waals surface area contributed by atoms with E-state index in [2.05, 4.69) is 17.4 Å². The van der Waals surface area contributed by atoms with E-state index in [4.69, 9.17) is 5.73 Å². The van der Waals surface area contributed by atoms with Crippen molar-refractivity contribution in [3.63, 3.8) is 0 Å². The molecule has 3 nitrogen and oxygen atoms in total. The van der Waals surface area contributed by atoms with Crippen LogP contribution in [0.3, 0.4) is 0 Å². The number of carbonyl (C=O) groups is 1. The van der Waals surface area contributed by atoms with E-state index in [9.17, 15) is 4.79 Å². The molecule has 104 valence electrons. The second kappa shape index (κ2) is 7.56. The lowest BCUT2D eigenvalue weighted by molar-refractivity contribution is -0.123. The van der Waals surface area contributed by atoms with Crippen LogP contribution >= 0.6 is 11.8 Å². The van der Waals surface area contributed by atoms with Gasteiger partial charge in [0.2, 0.25) is 5.91 Å². The molecule has 1 aliphatic heterocycles. The lowest BCUT2D eigenvalue weighted by atomic mass is 10.0. The Bertz CT molecular complexity index is 390. The number of thioether (sulfide) groups is 1. The smallest absolute Gasteiger partial charge is 0.237 e. The van der Waals surface area contributed by atoms with Crippen LogP contribution in [0.1, 0.15) is 24.8 Å². The van der Waals surface area contributed by atoms with Crippen molar-refractivity contribution in [2.45, 2.75) is 37.8 Å². The highest BCUT2D eigenvalue weighted by molar-refractivity contribution is 7.99. The Morgan fingerprint density at radius 2 is 2.21 bits per heavy atom. The van der Waals surface area contributed by atoms with E-state index in [1.165, 1.54) is 17.7 Å². The van der Waals surface area contributed by atoms with E-state index in [1.54, 1.807) is 0 Å². The molecule has 0 radical (unpaired) electrons. The van der Waals surface area contributed by atoms with Gasteiger partial charge in [-0.3, -0.25) is 4.79 Å². The van der Waals surface area contributed by atoms with Crippen molar-refractivity contribution in [3.8, 4) is 0 Å². The fourth-order valence-corrected chi connectivity index (χ4v) is 3.33. The normalized spacial score (nSPS) is 20.8. The molecule has 0 aliphatic carbocycles. The Labute approximate surface area is 119 Å². The van der Waals surface area contributed by atoms with Crippen LogP contribution in [-0.4, -0.2) is 29.5 Å². The maximum Gasteiger partial charge on any atom is 0.237 e. The quantitative estimate of drug-likeness (QED) is 0.865. The van der Waals surface area contributed by atoms with Crippen molar-refractivity contribution in [2.24, 2.45) is 5.73 Å². The van der Waals surface area contributed by atoms with Crippen molar-refractivity contribution in [3.05, 3.63) is 35.9 Å². The molecule has 1 amide bonds. The van der Waals surface area contributed by atoms with Crippen LogP contribution in [-0.2, 0) is 11.2 Å². The van der Waals surface area contributed by atoms with Gasteiger partial charge in [0.1, 0.15) is 0 Å². The zero-order valence-electron chi connectivity index (χ0n) is 11.2. The second-order valence-electron chi connectivity index (χ2n) is 5.05. The van der Waals surface area contributed by atoms with Crippen molar-refractivity contribution < 1.29 is 4.79 Å². The molecule has 1 fully saturated rings. The minimum atomic E-state index is -0.396. The number of nitrogens with one attached hydrogen (secondary N) is 1. The Kier molecular flexibility index (Phi) is 5.73. The zero-order valence-corrected chi connectivity index (χ0v) is 12.0. The fraction of sp³-hybridized carbons (Fsp3) is 0.533. The van der Waals surface area contributed by atoms with Gasteiger partial charge in [0.25, 0.3) is 0 Å². The monoisotopic (exact) mass is 278 g/mol. The third kappa shape index (κ3) is 4.88. The summed E-state index contributed by atoms with van der Waals surface area (Å²) >= 11 is 1.91. The third-order valence-electron chi connectivity index (χ3n) is 3.43. The summed E-state index contributed by atoms with van der Waals surface area (Å²) < 4.78 is 0. The van der Waals surface area contributed by atoms with Crippen LogP contribution < -0.4 is 11.1 Å². The molecule has 0 saturated carbocycles. The van der Waals surface area contributed by atoms with Gasteiger partial charge >= 0.3 is 0 Å². The fourth-order valence-electron chi connectivity index (χ4n) is 2.26. The van der Waals surface area contributed by atoms with Crippen LogP contribution in [0.4, 0.5) is 0 Å². The van der Waals surface area contributed by atoms with Gasteiger partial charge in [0, 0.05) is 11.8 Å². The highest BCUT2D eigenvalue weighted by Crippen LogP contribution is 2.17. The molecule has 4 heteroatoms. The van der Waals surface area contributed by atoms with E-state index in [0.29, 0.717) is 12.5 Å². The molecular formula is C15H22N2OS. The number of amides is 1. The second-order valence-corrected chi connectivity index (χ2v) is 6.20. The Hall–Kier alpha value is -1.00. The average Bonchev–Trinajstić information content (AvgIpc) is 2.47. The predicted octanol–water partition coefficient (Wildman–Crippen LogP) is 1.96. The molecule has 2 atom stereocenters. The third-order valence-corrected chi connectivity index (χ3v) is 4.65. The minimum absolute atomic E-state index is 0.00318. The van der Waals surface area contributed by atoms with Gasteiger partial charge in [0.05, 0.1) is 6.04 Å². The molecule has 0 aromatic heterocycles. The van der Waals surface area contributed by atoms with Crippen molar-refractivity contribution in [2.75, 3.05) is 11.5 Å². The molecule has 2 rings (SSSR count). The Balaban J connectivity index is 1.72. The molecule has 1 heterocycles. The highest BCUT2D eigenvalue weighted by Gasteiger charge is 2.19. The number of aryl methyl sites for hydroxylation is 1. The lowest BCUT2D eigenvalue weighted by Gasteiger charge is -2.24. The first-order valence-corrected chi connectivity index (χ1v) is 8.09. The molecule has 0 bridgehead atoms.